The number of rotatable bonds is 6. The summed E-state index contributed by atoms with van der Waals surface area (Å²) >= 11 is 6.19. The molecular weight excluding hydrogens is 396 g/mol. The minimum Gasteiger partial charge on any atom is -0.331 e. The van der Waals surface area contributed by atoms with E-state index in [1.54, 1.807) is 4.90 Å². The Labute approximate surface area is 174 Å². The summed E-state index contributed by atoms with van der Waals surface area (Å²) in [5.74, 6) is -0.465. The smallest absolute Gasteiger partial charge is 0.283 e. The fourth-order valence-electron chi connectivity index (χ4n) is 4.01. The van der Waals surface area contributed by atoms with Crippen molar-refractivity contribution in [1.82, 2.24) is 14.7 Å². The van der Waals surface area contributed by atoms with Crippen molar-refractivity contribution >= 4 is 23.1 Å². The maximum atomic E-state index is 13.5. The third-order valence-corrected chi connectivity index (χ3v) is 6.10. The van der Waals surface area contributed by atoms with E-state index < -0.39 is 18.0 Å². The van der Waals surface area contributed by atoms with Crippen molar-refractivity contribution in [2.45, 2.75) is 57.5 Å². The van der Waals surface area contributed by atoms with Gasteiger partial charge in [0.25, 0.3) is 12.3 Å². The van der Waals surface area contributed by atoms with E-state index >= 15 is 0 Å². The SMILES string of the molecule is Cn1nc(C(F)F)c(C(=O)N(Cc2ccccc2C2=CCCCC2)C2CC2)c1Cl. The summed E-state index contributed by atoms with van der Waals surface area (Å²) < 4.78 is 28.1. The molecule has 1 fully saturated rings. The van der Waals surface area contributed by atoms with Crippen molar-refractivity contribution in [2.24, 2.45) is 7.05 Å². The van der Waals surface area contributed by atoms with Gasteiger partial charge >= 0.3 is 0 Å². The van der Waals surface area contributed by atoms with Crippen molar-refractivity contribution in [2.75, 3.05) is 0 Å². The van der Waals surface area contributed by atoms with E-state index in [1.807, 2.05) is 18.2 Å². The molecule has 1 aromatic carbocycles. The Balaban J connectivity index is 1.68. The third-order valence-electron chi connectivity index (χ3n) is 5.67. The van der Waals surface area contributed by atoms with Crippen molar-refractivity contribution in [3.05, 3.63) is 57.9 Å². The predicted molar refractivity (Wildman–Crippen MR) is 109 cm³/mol. The number of aryl methyl sites for hydroxylation is 1. The molecule has 4 rings (SSSR count). The Bertz CT molecular complexity index is 950. The lowest BCUT2D eigenvalue weighted by atomic mass is 9.90. The molecule has 4 nitrogen and oxygen atoms in total. The highest BCUT2D eigenvalue weighted by atomic mass is 35.5. The van der Waals surface area contributed by atoms with Crippen molar-refractivity contribution in [3.8, 4) is 0 Å². The molecule has 0 N–H and O–H groups in total. The van der Waals surface area contributed by atoms with Gasteiger partial charge in [-0.25, -0.2) is 8.78 Å². The summed E-state index contributed by atoms with van der Waals surface area (Å²) in [6, 6.07) is 8.12. The average molecular weight is 420 g/mol. The second-order valence-electron chi connectivity index (χ2n) is 7.77. The summed E-state index contributed by atoms with van der Waals surface area (Å²) in [6.07, 6.45) is 5.63. The topological polar surface area (TPSA) is 38.1 Å². The molecule has 7 heteroatoms. The molecule has 0 atom stereocenters. The van der Waals surface area contributed by atoms with Crippen LogP contribution in [0.4, 0.5) is 8.78 Å². The number of amides is 1. The van der Waals surface area contributed by atoms with Crippen LogP contribution >= 0.6 is 11.6 Å². The van der Waals surface area contributed by atoms with E-state index in [2.05, 4.69) is 17.2 Å². The molecule has 2 aromatic rings. The third kappa shape index (κ3) is 4.08. The first-order valence-electron chi connectivity index (χ1n) is 10.1. The number of carbonyl (C=O) groups is 1. The molecule has 0 saturated heterocycles. The van der Waals surface area contributed by atoms with Crippen LogP contribution in [0.5, 0.6) is 0 Å². The highest BCUT2D eigenvalue weighted by Crippen LogP contribution is 2.36. The van der Waals surface area contributed by atoms with Gasteiger partial charge in [0.05, 0.1) is 0 Å². The van der Waals surface area contributed by atoms with Crippen LogP contribution in [-0.4, -0.2) is 26.6 Å². The predicted octanol–water partition coefficient (Wildman–Crippen LogP) is 5.77. The molecule has 2 aliphatic carbocycles. The molecular formula is C22H24ClF2N3O. The number of carbonyl (C=O) groups excluding carboxylic acids is 1. The minimum atomic E-state index is -2.85. The first kappa shape index (κ1) is 20.1. The molecule has 0 spiro atoms. The molecule has 0 radical (unpaired) electrons. The van der Waals surface area contributed by atoms with Gasteiger partial charge in [-0.2, -0.15) is 5.10 Å². The normalized spacial score (nSPS) is 16.8. The highest BCUT2D eigenvalue weighted by Gasteiger charge is 2.38. The Morgan fingerprint density at radius 2 is 2.07 bits per heavy atom. The average Bonchev–Trinajstić information content (AvgIpc) is 3.52. The van der Waals surface area contributed by atoms with Gasteiger partial charge in [0, 0.05) is 19.6 Å². The van der Waals surface area contributed by atoms with Gasteiger partial charge in [-0.1, -0.05) is 41.9 Å². The van der Waals surface area contributed by atoms with E-state index in [0.717, 1.165) is 47.9 Å². The summed E-state index contributed by atoms with van der Waals surface area (Å²) in [6.45, 7) is 0.380. The molecule has 1 heterocycles. The van der Waals surface area contributed by atoms with E-state index in [4.69, 9.17) is 11.6 Å². The molecule has 0 unspecified atom stereocenters. The maximum Gasteiger partial charge on any atom is 0.283 e. The second-order valence-corrected chi connectivity index (χ2v) is 8.13. The molecule has 2 aliphatic rings. The maximum absolute atomic E-state index is 13.5. The number of alkyl halides is 2. The standard InChI is InChI=1S/C22H24ClF2N3O/c1-27-20(23)18(19(26-27)21(24)25)22(29)28(16-11-12-16)13-15-9-5-6-10-17(15)14-7-3-2-4-8-14/h5-7,9-10,16,21H,2-4,8,11-13H2,1H3. The lowest BCUT2D eigenvalue weighted by molar-refractivity contribution is 0.0717. The van der Waals surface area contributed by atoms with Crippen molar-refractivity contribution in [3.63, 3.8) is 0 Å². The highest BCUT2D eigenvalue weighted by molar-refractivity contribution is 6.33. The van der Waals surface area contributed by atoms with Gasteiger partial charge in [0.2, 0.25) is 0 Å². The largest absolute Gasteiger partial charge is 0.331 e. The van der Waals surface area contributed by atoms with Crippen LogP contribution in [0.1, 0.15) is 72.1 Å². The molecule has 1 saturated carbocycles. The van der Waals surface area contributed by atoms with Crippen molar-refractivity contribution in [1.29, 1.82) is 0 Å². The van der Waals surface area contributed by atoms with E-state index in [0.29, 0.717) is 6.54 Å². The lowest BCUT2D eigenvalue weighted by Crippen LogP contribution is -2.33. The number of nitrogens with zero attached hydrogens (tertiary/aromatic N) is 3. The number of aromatic nitrogens is 2. The van der Waals surface area contributed by atoms with Gasteiger partial charge in [-0.3, -0.25) is 9.48 Å². The zero-order chi connectivity index (χ0) is 20.5. The second kappa shape index (κ2) is 8.27. The van der Waals surface area contributed by atoms with Crippen LogP contribution in [0.25, 0.3) is 5.57 Å². The molecule has 29 heavy (non-hydrogen) atoms. The molecule has 0 bridgehead atoms. The van der Waals surface area contributed by atoms with Crippen LogP contribution in [0.15, 0.2) is 30.3 Å². The Hall–Kier alpha value is -2.21. The fourth-order valence-corrected chi connectivity index (χ4v) is 4.22. The Morgan fingerprint density at radius 3 is 2.72 bits per heavy atom. The quantitative estimate of drug-likeness (QED) is 0.595. The lowest BCUT2D eigenvalue weighted by Gasteiger charge is -2.25. The van der Waals surface area contributed by atoms with Gasteiger partial charge in [0.15, 0.2) is 0 Å². The van der Waals surface area contributed by atoms with Crippen LogP contribution in [-0.2, 0) is 13.6 Å². The zero-order valence-electron chi connectivity index (χ0n) is 16.4. The van der Waals surface area contributed by atoms with Gasteiger partial charge in [-0.15, -0.1) is 0 Å². The van der Waals surface area contributed by atoms with Crippen LogP contribution in [0, 0.1) is 0 Å². The van der Waals surface area contributed by atoms with Gasteiger partial charge in [-0.05, 0) is 55.2 Å². The van der Waals surface area contributed by atoms with E-state index in [1.165, 1.54) is 19.0 Å². The number of allylic oxidation sites excluding steroid dienone is 2. The molecule has 1 aromatic heterocycles. The van der Waals surface area contributed by atoms with E-state index in [-0.39, 0.29) is 16.8 Å². The minimum absolute atomic E-state index is 0.0424. The zero-order valence-corrected chi connectivity index (χ0v) is 17.1. The fraction of sp³-hybridized carbons (Fsp3) is 0.455. The number of halogens is 3. The summed E-state index contributed by atoms with van der Waals surface area (Å²) in [5.41, 5.74) is 2.78. The Morgan fingerprint density at radius 1 is 1.31 bits per heavy atom. The van der Waals surface area contributed by atoms with Crippen LogP contribution < -0.4 is 0 Å². The van der Waals surface area contributed by atoms with Crippen LogP contribution in [0.2, 0.25) is 5.15 Å². The summed E-state index contributed by atoms with van der Waals surface area (Å²) in [5, 5.41) is 3.73. The molecule has 154 valence electrons. The van der Waals surface area contributed by atoms with Gasteiger partial charge in [0.1, 0.15) is 16.4 Å². The first-order valence-corrected chi connectivity index (χ1v) is 10.4. The molecule has 1 amide bonds. The monoisotopic (exact) mass is 419 g/mol. The molecule has 0 aliphatic heterocycles. The number of hydrogen-bond donors (Lipinski definition) is 0. The van der Waals surface area contributed by atoms with Crippen LogP contribution in [0.3, 0.4) is 0 Å². The number of benzene rings is 1. The first-order chi connectivity index (χ1) is 14.0. The summed E-state index contributed by atoms with van der Waals surface area (Å²) in [7, 11) is 1.47. The van der Waals surface area contributed by atoms with Gasteiger partial charge < -0.3 is 4.90 Å². The number of hydrogen-bond acceptors (Lipinski definition) is 2. The van der Waals surface area contributed by atoms with E-state index in [9.17, 15) is 13.6 Å². The summed E-state index contributed by atoms with van der Waals surface area (Å²) in [4.78, 5) is 15.0. The Kier molecular flexibility index (Phi) is 5.72. The van der Waals surface area contributed by atoms with Crippen molar-refractivity contribution < 1.29 is 13.6 Å².